The molecule has 0 bridgehead atoms. The molecule has 3 fully saturated rings. The summed E-state index contributed by atoms with van der Waals surface area (Å²) in [5.41, 5.74) is 4.09. The average molecular weight is 1650 g/mol. The standard InChI is InChI=1S/C75H135N11O29/c1-49(90)83-63-69(104)66(101)53(43-87)113-72(63)110-37-15-12-22-57(95)78-32-19-34-80-60(98)28-41-108-47-75(86-62(100)25-11-9-7-5-4-6-8-10-21-56(94)77-31-18-30-76,46-107-40-27-52(93)26-36-82-59(97)24-14-17-39-112-74-65(85-51(3)92)71(106)68(103)55(45-89)115-74)48-109-42-29-61(99)81-35-20-33-79-58(96)23-13-16-38-111-73-64(84-50(2)91)70(105)67(102)54(44-88)114-73/h53-55,63-74,87-89,101-106H,4-48,76H2,1-3H3,(H,77,94)(H,78,95)(H,79,96)(H,80,98)(H,81,99)(H,82,97)(H,83,90)(H,84,91)(H,85,92)(H,86,100). The van der Waals surface area contributed by atoms with Gasteiger partial charge >= 0.3 is 0 Å². The molecule has 3 aliphatic heterocycles. The first kappa shape index (κ1) is 103. The molecule has 3 aliphatic rings. The van der Waals surface area contributed by atoms with E-state index in [1.54, 1.807) is 0 Å². The van der Waals surface area contributed by atoms with Crippen molar-refractivity contribution in [3.05, 3.63) is 0 Å². The number of ether oxygens (including phenoxy) is 9. The number of amides is 10. The molecule has 3 saturated heterocycles. The Kier molecular flexibility index (Phi) is 54.5. The van der Waals surface area contributed by atoms with Gasteiger partial charge in [-0.1, -0.05) is 38.5 Å². The lowest BCUT2D eigenvalue weighted by molar-refractivity contribution is -0.270. The molecule has 40 nitrogen and oxygen atoms in total. The number of Topliss-reactive ketones (excluding diaryl/α,β-unsaturated/α-hetero) is 1. The summed E-state index contributed by atoms with van der Waals surface area (Å²) in [6, 6.07) is -3.31. The number of carbonyl (C=O) groups excluding carboxylic acids is 11. The van der Waals surface area contributed by atoms with Crippen molar-refractivity contribution in [3.8, 4) is 0 Å². The molecular formula is C75H135N11O29. The lowest BCUT2D eigenvalue weighted by Gasteiger charge is -2.42. The lowest BCUT2D eigenvalue weighted by Crippen LogP contribution is -2.64. The van der Waals surface area contributed by atoms with Crippen LogP contribution in [0.2, 0.25) is 0 Å². The summed E-state index contributed by atoms with van der Waals surface area (Å²) in [5.74, 6) is -3.70. The average Bonchev–Trinajstić information content (AvgIpc) is 0.825. The van der Waals surface area contributed by atoms with Gasteiger partial charge in [-0.15, -0.1) is 0 Å². The van der Waals surface area contributed by atoms with Crippen molar-refractivity contribution in [2.75, 3.05) is 125 Å². The maximum atomic E-state index is 14.0. The molecule has 0 aromatic heterocycles. The van der Waals surface area contributed by atoms with Crippen molar-refractivity contribution in [1.29, 1.82) is 0 Å². The topological polar surface area (TPSA) is 599 Å². The minimum atomic E-state index is -1.48. The number of ketones is 1. The Morgan fingerprint density at radius 1 is 0.322 bits per heavy atom. The number of aliphatic hydroxyl groups excluding tert-OH is 9. The Morgan fingerprint density at radius 2 is 0.600 bits per heavy atom. The zero-order chi connectivity index (χ0) is 84.8. The van der Waals surface area contributed by atoms with Gasteiger partial charge in [0.05, 0.1) is 59.5 Å². The van der Waals surface area contributed by atoms with Gasteiger partial charge in [-0.05, 0) is 77.2 Å². The van der Waals surface area contributed by atoms with Crippen LogP contribution in [0.3, 0.4) is 0 Å². The van der Waals surface area contributed by atoms with Gasteiger partial charge in [0.1, 0.15) is 84.4 Å². The van der Waals surface area contributed by atoms with E-state index in [-0.39, 0.29) is 191 Å². The Hall–Kier alpha value is -6.39. The van der Waals surface area contributed by atoms with Gasteiger partial charge in [0.2, 0.25) is 59.1 Å². The molecule has 0 aromatic carbocycles. The van der Waals surface area contributed by atoms with Crippen molar-refractivity contribution in [3.63, 3.8) is 0 Å². The molecule has 10 amide bonds. The molecule has 3 rings (SSSR count). The van der Waals surface area contributed by atoms with Crippen LogP contribution in [0, 0.1) is 0 Å². The van der Waals surface area contributed by atoms with E-state index in [4.69, 9.17) is 48.4 Å². The van der Waals surface area contributed by atoms with E-state index in [0.29, 0.717) is 77.3 Å². The smallest absolute Gasteiger partial charge is 0.222 e. The summed E-state index contributed by atoms with van der Waals surface area (Å²) in [4.78, 5) is 139. The minimum Gasteiger partial charge on any atom is -0.394 e. The third kappa shape index (κ3) is 44.3. The van der Waals surface area contributed by atoms with Crippen LogP contribution in [0.4, 0.5) is 0 Å². The predicted molar refractivity (Wildman–Crippen MR) is 409 cm³/mol. The molecule has 15 atom stereocenters. The summed E-state index contributed by atoms with van der Waals surface area (Å²) >= 11 is 0. The van der Waals surface area contributed by atoms with E-state index in [0.717, 1.165) is 51.4 Å². The lowest BCUT2D eigenvalue weighted by atomic mass is 9.97. The fraction of sp³-hybridized carbons (Fsp3) is 0.853. The molecule has 0 aliphatic carbocycles. The molecule has 0 saturated carbocycles. The van der Waals surface area contributed by atoms with E-state index in [2.05, 4.69) is 53.2 Å². The second kappa shape index (κ2) is 61.0. The van der Waals surface area contributed by atoms with Crippen LogP contribution in [0.15, 0.2) is 0 Å². The molecular weight excluding hydrogens is 1520 g/mol. The highest BCUT2D eigenvalue weighted by Crippen LogP contribution is 2.26. The summed E-state index contributed by atoms with van der Waals surface area (Å²) in [6.07, 6.45) is -4.67. The number of nitrogens with one attached hydrogen (secondary N) is 10. The molecule has 21 N–H and O–H groups in total. The van der Waals surface area contributed by atoms with Crippen molar-refractivity contribution in [2.24, 2.45) is 5.73 Å². The van der Waals surface area contributed by atoms with E-state index in [1.165, 1.54) is 20.8 Å². The first-order chi connectivity index (χ1) is 55.2. The molecule has 40 heteroatoms. The van der Waals surface area contributed by atoms with Gasteiger partial charge < -0.3 is 147 Å². The van der Waals surface area contributed by atoms with Gasteiger partial charge in [0.15, 0.2) is 18.9 Å². The number of carbonyl (C=O) groups is 11. The molecule has 0 aromatic rings. The largest absolute Gasteiger partial charge is 0.394 e. The Balaban J connectivity index is 1.59. The van der Waals surface area contributed by atoms with Crippen LogP contribution in [0.25, 0.3) is 0 Å². The van der Waals surface area contributed by atoms with Gasteiger partial charge in [0.25, 0.3) is 0 Å². The van der Waals surface area contributed by atoms with Crippen LogP contribution in [-0.4, -0.2) is 333 Å². The third-order valence-electron chi connectivity index (χ3n) is 19.0. The molecule has 3 heterocycles. The maximum absolute atomic E-state index is 14.0. The highest BCUT2D eigenvalue weighted by molar-refractivity contribution is 5.81. The number of rotatable bonds is 65. The summed E-state index contributed by atoms with van der Waals surface area (Å²) in [5, 5.41) is 118. The van der Waals surface area contributed by atoms with Gasteiger partial charge in [-0.2, -0.15) is 0 Å². The summed E-state index contributed by atoms with van der Waals surface area (Å²) in [7, 11) is 0. The SMILES string of the molecule is CC(=O)NC1C(OCCCCC(=O)NCCCNC(=O)CCOCC(COCCC(=O)CCNC(=O)CCCCOC2OC(CO)C(O)C(O)C2NC(C)=O)(COCCC(=O)NCCCNC(=O)CCCCOC2OC(CO)C(O)C(O)C2NC(C)=O)NC(=O)CCCCCCCCCCC(=O)NCCCN)OC(CO)C(O)C1O. The zero-order valence-electron chi connectivity index (χ0n) is 67.2. The van der Waals surface area contributed by atoms with Crippen LogP contribution in [0.5, 0.6) is 0 Å². The number of hydrogen-bond donors (Lipinski definition) is 20. The quantitative estimate of drug-likeness (QED) is 0.0254. The first-order valence-corrected chi connectivity index (χ1v) is 40.6. The summed E-state index contributed by atoms with van der Waals surface area (Å²) < 4.78 is 52.2. The zero-order valence-corrected chi connectivity index (χ0v) is 67.2. The van der Waals surface area contributed by atoms with Crippen LogP contribution < -0.4 is 58.9 Å². The predicted octanol–water partition coefficient (Wildman–Crippen LogP) is -4.86. The van der Waals surface area contributed by atoms with Crippen molar-refractivity contribution < 1.29 is 141 Å². The monoisotopic (exact) mass is 1650 g/mol. The van der Waals surface area contributed by atoms with Gasteiger partial charge in [-0.25, -0.2) is 0 Å². The summed E-state index contributed by atoms with van der Waals surface area (Å²) in [6.45, 7) is 2.92. The molecule has 664 valence electrons. The fourth-order valence-corrected chi connectivity index (χ4v) is 12.6. The minimum absolute atomic E-state index is 0.0130. The van der Waals surface area contributed by atoms with E-state index in [9.17, 15) is 98.7 Å². The van der Waals surface area contributed by atoms with Crippen molar-refractivity contribution >= 4 is 64.9 Å². The Labute approximate surface area is 673 Å². The maximum Gasteiger partial charge on any atom is 0.222 e. The Morgan fingerprint density at radius 3 is 0.913 bits per heavy atom. The normalized spacial score (nSPS) is 23.8. The number of hydrogen-bond acceptors (Lipinski definition) is 30. The van der Waals surface area contributed by atoms with Gasteiger partial charge in [0, 0.05) is 138 Å². The molecule has 15 unspecified atom stereocenters. The molecule has 0 spiro atoms. The van der Waals surface area contributed by atoms with Crippen LogP contribution in [-0.2, 0) is 95.4 Å². The Bertz CT molecular complexity index is 2710. The van der Waals surface area contributed by atoms with Crippen LogP contribution >= 0.6 is 0 Å². The number of nitrogens with two attached hydrogens (primary N) is 1. The van der Waals surface area contributed by atoms with E-state index in [1.807, 2.05) is 0 Å². The number of unbranched alkanes of at least 4 members (excludes halogenated alkanes) is 10. The van der Waals surface area contributed by atoms with E-state index >= 15 is 0 Å². The second-order valence-corrected chi connectivity index (χ2v) is 29.1. The molecule has 0 radical (unpaired) electrons. The highest BCUT2D eigenvalue weighted by atomic mass is 16.7. The van der Waals surface area contributed by atoms with Gasteiger partial charge in [-0.3, -0.25) is 52.7 Å². The first-order valence-electron chi connectivity index (χ1n) is 40.6. The van der Waals surface area contributed by atoms with E-state index < -0.39 is 135 Å². The number of aliphatic hydroxyl groups is 9. The third-order valence-corrected chi connectivity index (χ3v) is 19.0. The molecule has 115 heavy (non-hydrogen) atoms. The second-order valence-electron chi connectivity index (χ2n) is 29.1. The fourth-order valence-electron chi connectivity index (χ4n) is 12.6. The highest BCUT2D eigenvalue weighted by Gasteiger charge is 2.48. The van der Waals surface area contributed by atoms with Crippen molar-refractivity contribution in [1.82, 2.24) is 53.2 Å². The van der Waals surface area contributed by atoms with Crippen molar-refractivity contribution in [2.45, 2.75) is 285 Å². The van der Waals surface area contributed by atoms with Crippen LogP contribution in [0.1, 0.15) is 188 Å².